The van der Waals surface area contributed by atoms with Gasteiger partial charge in [-0.1, -0.05) is 26.3 Å². The van der Waals surface area contributed by atoms with Gasteiger partial charge in [0.05, 0.1) is 0 Å². The van der Waals surface area contributed by atoms with Crippen LogP contribution in [0.2, 0.25) is 0 Å². The highest BCUT2D eigenvalue weighted by atomic mass is 15.2. The third kappa shape index (κ3) is 3.47. The Morgan fingerprint density at radius 1 is 1.42 bits per heavy atom. The van der Waals surface area contributed by atoms with Gasteiger partial charge in [0, 0.05) is 23.8 Å². The molecule has 0 aromatic carbocycles. The van der Waals surface area contributed by atoms with E-state index in [0.29, 0.717) is 12.1 Å². The molecule has 0 spiro atoms. The van der Waals surface area contributed by atoms with Crippen molar-refractivity contribution in [2.75, 3.05) is 18.4 Å². The molecule has 106 valence electrons. The van der Waals surface area contributed by atoms with Crippen molar-refractivity contribution >= 4 is 5.82 Å². The number of likely N-dealkylation sites (tertiary alicyclic amines) is 1. The van der Waals surface area contributed by atoms with Crippen LogP contribution in [0.25, 0.3) is 0 Å². The second kappa shape index (κ2) is 6.90. The van der Waals surface area contributed by atoms with Crippen molar-refractivity contribution in [1.82, 2.24) is 9.88 Å². The summed E-state index contributed by atoms with van der Waals surface area (Å²) in [6, 6.07) is 5.34. The van der Waals surface area contributed by atoms with Crippen LogP contribution in [0.1, 0.15) is 58.1 Å². The number of hydrogen-bond donors (Lipinski definition) is 1. The second-order valence-corrected chi connectivity index (χ2v) is 5.54. The van der Waals surface area contributed by atoms with Crippen molar-refractivity contribution in [3.05, 3.63) is 23.9 Å². The lowest BCUT2D eigenvalue weighted by Crippen LogP contribution is -2.34. The van der Waals surface area contributed by atoms with Crippen LogP contribution >= 0.6 is 0 Å². The highest BCUT2D eigenvalue weighted by Gasteiger charge is 2.25. The van der Waals surface area contributed by atoms with E-state index < -0.39 is 0 Å². The van der Waals surface area contributed by atoms with Gasteiger partial charge in [-0.05, 0) is 45.3 Å². The molecule has 3 heteroatoms. The Morgan fingerprint density at radius 3 is 3.00 bits per heavy atom. The normalized spacial score (nSPS) is 22.2. The van der Waals surface area contributed by atoms with Crippen LogP contribution < -0.4 is 5.32 Å². The van der Waals surface area contributed by atoms with Crippen molar-refractivity contribution in [3.63, 3.8) is 0 Å². The van der Waals surface area contributed by atoms with E-state index in [-0.39, 0.29) is 0 Å². The first kappa shape index (κ1) is 14.3. The zero-order chi connectivity index (χ0) is 13.7. The van der Waals surface area contributed by atoms with Gasteiger partial charge < -0.3 is 5.32 Å². The fourth-order valence-corrected chi connectivity index (χ4v) is 2.86. The molecule has 0 saturated carbocycles. The summed E-state index contributed by atoms with van der Waals surface area (Å²) in [6.07, 6.45) is 6.94. The van der Waals surface area contributed by atoms with E-state index in [1.54, 1.807) is 0 Å². The van der Waals surface area contributed by atoms with Crippen LogP contribution in [0.4, 0.5) is 5.82 Å². The van der Waals surface area contributed by atoms with Crippen LogP contribution in [0.5, 0.6) is 0 Å². The first-order valence-electron chi connectivity index (χ1n) is 7.71. The molecule has 2 atom stereocenters. The maximum Gasteiger partial charge on any atom is 0.130 e. The Morgan fingerprint density at radius 2 is 2.26 bits per heavy atom. The van der Waals surface area contributed by atoms with Gasteiger partial charge in [0.25, 0.3) is 0 Å². The number of nitrogens with zero attached hydrogens (tertiary/aromatic N) is 2. The van der Waals surface area contributed by atoms with Gasteiger partial charge in [-0.25, -0.2) is 4.98 Å². The molecular weight excluding hydrogens is 234 g/mol. The molecule has 19 heavy (non-hydrogen) atoms. The minimum Gasteiger partial charge on any atom is -0.367 e. The summed E-state index contributed by atoms with van der Waals surface area (Å²) in [6.45, 7) is 9.04. The van der Waals surface area contributed by atoms with Crippen molar-refractivity contribution in [2.45, 2.75) is 58.5 Å². The summed E-state index contributed by atoms with van der Waals surface area (Å²) in [5.41, 5.74) is 1.38. The molecule has 0 amide bonds. The van der Waals surface area contributed by atoms with E-state index in [1.165, 1.54) is 31.4 Å². The van der Waals surface area contributed by atoms with E-state index in [1.807, 2.05) is 6.20 Å². The fraction of sp³-hybridized carbons (Fsp3) is 0.688. The monoisotopic (exact) mass is 261 g/mol. The molecule has 1 aliphatic heterocycles. The fourth-order valence-electron chi connectivity index (χ4n) is 2.86. The summed E-state index contributed by atoms with van der Waals surface area (Å²) < 4.78 is 0. The Bertz CT molecular complexity index is 391. The summed E-state index contributed by atoms with van der Waals surface area (Å²) >= 11 is 0. The topological polar surface area (TPSA) is 28.2 Å². The number of pyridine rings is 1. The predicted octanol–water partition coefficient (Wildman–Crippen LogP) is 3.84. The van der Waals surface area contributed by atoms with E-state index >= 15 is 0 Å². The predicted molar refractivity (Wildman–Crippen MR) is 81.5 cm³/mol. The Labute approximate surface area is 117 Å². The van der Waals surface area contributed by atoms with Crippen molar-refractivity contribution in [3.8, 4) is 0 Å². The Hall–Kier alpha value is -1.09. The number of hydrogen-bond acceptors (Lipinski definition) is 3. The summed E-state index contributed by atoms with van der Waals surface area (Å²) in [7, 11) is 0. The standard InChI is InChI=1S/C16H27N3/c1-4-13(3)18-16-14(9-8-11-17-16)15-10-6-7-12-19(15)5-2/h8-9,11,13,15H,4-7,10,12H2,1-3H3,(H,17,18)/t13-,15+/m1/s1. The van der Waals surface area contributed by atoms with Gasteiger partial charge in [0.15, 0.2) is 0 Å². The van der Waals surface area contributed by atoms with Gasteiger partial charge in [-0.3, -0.25) is 4.90 Å². The number of aromatic nitrogens is 1. The zero-order valence-corrected chi connectivity index (χ0v) is 12.5. The molecule has 0 radical (unpaired) electrons. The lowest BCUT2D eigenvalue weighted by Gasteiger charge is -2.36. The van der Waals surface area contributed by atoms with Crippen molar-refractivity contribution in [1.29, 1.82) is 0 Å². The number of rotatable bonds is 5. The van der Waals surface area contributed by atoms with Crippen molar-refractivity contribution < 1.29 is 0 Å². The molecule has 1 fully saturated rings. The molecule has 2 rings (SSSR count). The molecule has 1 N–H and O–H groups in total. The first-order chi connectivity index (χ1) is 9.26. The van der Waals surface area contributed by atoms with Gasteiger partial charge in [-0.15, -0.1) is 0 Å². The number of piperidine rings is 1. The molecule has 1 aliphatic rings. The lowest BCUT2D eigenvalue weighted by molar-refractivity contribution is 0.157. The van der Waals surface area contributed by atoms with Crippen LogP contribution in [-0.4, -0.2) is 29.0 Å². The molecule has 0 unspecified atom stereocenters. The van der Waals surface area contributed by atoms with Crippen molar-refractivity contribution in [2.24, 2.45) is 0 Å². The quantitative estimate of drug-likeness (QED) is 0.873. The maximum absolute atomic E-state index is 4.57. The minimum atomic E-state index is 0.479. The van der Waals surface area contributed by atoms with E-state index in [9.17, 15) is 0 Å². The lowest BCUT2D eigenvalue weighted by atomic mass is 9.95. The van der Waals surface area contributed by atoms with Crippen LogP contribution in [0, 0.1) is 0 Å². The Balaban J connectivity index is 2.22. The maximum atomic E-state index is 4.57. The summed E-state index contributed by atoms with van der Waals surface area (Å²) in [5, 5.41) is 3.56. The highest BCUT2D eigenvalue weighted by molar-refractivity contribution is 5.46. The SMILES string of the molecule is CC[C@@H](C)Nc1ncccc1[C@@H]1CCCCN1CC. The van der Waals surface area contributed by atoms with Crippen LogP contribution in [0.15, 0.2) is 18.3 Å². The number of nitrogens with one attached hydrogen (secondary N) is 1. The smallest absolute Gasteiger partial charge is 0.130 e. The largest absolute Gasteiger partial charge is 0.367 e. The van der Waals surface area contributed by atoms with Crippen LogP contribution in [-0.2, 0) is 0 Å². The minimum absolute atomic E-state index is 0.479. The molecule has 3 nitrogen and oxygen atoms in total. The second-order valence-electron chi connectivity index (χ2n) is 5.54. The summed E-state index contributed by atoms with van der Waals surface area (Å²) in [5.74, 6) is 1.09. The molecule has 2 heterocycles. The van der Waals surface area contributed by atoms with E-state index in [0.717, 1.165) is 18.8 Å². The summed E-state index contributed by atoms with van der Waals surface area (Å²) in [4.78, 5) is 7.16. The van der Waals surface area contributed by atoms with Crippen LogP contribution in [0.3, 0.4) is 0 Å². The average Bonchev–Trinajstić information content (AvgIpc) is 2.47. The zero-order valence-electron chi connectivity index (χ0n) is 12.5. The third-order valence-corrected chi connectivity index (χ3v) is 4.21. The molecule has 1 aromatic rings. The van der Waals surface area contributed by atoms with Gasteiger partial charge in [-0.2, -0.15) is 0 Å². The molecule has 1 saturated heterocycles. The van der Waals surface area contributed by atoms with Gasteiger partial charge in [0.2, 0.25) is 0 Å². The molecular formula is C16H27N3. The molecule has 1 aromatic heterocycles. The third-order valence-electron chi connectivity index (χ3n) is 4.21. The molecule has 0 bridgehead atoms. The molecule has 0 aliphatic carbocycles. The number of anilines is 1. The Kier molecular flexibility index (Phi) is 5.20. The average molecular weight is 261 g/mol. The van der Waals surface area contributed by atoms with Gasteiger partial charge in [0.1, 0.15) is 5.82 Å². The highest BCUT2D eigenvalue weighted by Crippen LogP contribution is 2.33. The first-order valence-corrected chi connectivity index (χ1v) is 7.71. The van der Waals surface area contributed by atoms with E-state index in [4.69, 9.17) is 0 Å². The van der Waals surface area contributed by atoms with Gasteiger partial charge >= 0.3 is 0 Å². The van der Waals surface area contributed by atoms with E-state index in [2.05, 4.69) is 48.1 Å².